The Morgan fingerprint density at radius 3 is 2.38 bits per heavy atom. The molecule has 0 aliphatic carbocycles. The molecule has 9 heteroatoms. The zero-order valence-electron chi connectivity index (χ0n) is 15.4. The number of rotatable bonds is 7. The van der Waals surface area contributed by atoms with Gasteiger partial charge in [-0.3, -0.25) is 19.7 Å². The van der Waals surface area contributed by atoms with Gasteiger partial charge in [0.05, 0.1) is 17.8 Å². The smallest absolute Gasteiger partial charge is 0.311 e. The van der Waals surface area contributed by atoms with Crippen molar-refractivity contribution in [2.24, 2.45) is 0 Å². The number of carbonyl (C=O) groups is 2. The van der Waals surface area contributed by atoms with Gasteiger partial charge < -0.3 is 19.8 Å². The van der Waals surface area contributed by atoms with E-state index in [-0.39, 0.29) is 29.4 Å². The van der Waals surface area contributed by atoms with E-state index in [2.05, 4.69) is 10.6 Å². The summed E-state index contributed by atoms with van der Waals surface area (Å²) in [6, 6.07) is 13.6. The molecule has 3 aromatic rings. The Labute approximate surface area is 165 Å². The number of nitro benzene ring substituents is 1. The minimum Gasteiger partial charge on any atom is -0.487 e. The molecule has 148 valence electrons. The number of nitrogens with zero attached hydrogens (tertiary/aromatic N) is 1. The average Bonchev–Trinajstić information content (AvgIpc) is 3.23. The molecule has 0 atom stereocenters. The Morgan fingerprint density at radius 2 is 1.76 bits per heavy atom. The van der Waals surface area contributed by atoms with E-state index >= 15 is 0 Å². The highest BCUT2D eigenvalue weighted by Gasteiger charge is 2.19. The first-order valence-electron chi connectivity index (χ1n) is 8.65. The van der Waals surface area contributed by atoms with Crippen LogP contribution in [0.3, 0.4) is 0 Å². The molecule has 0 bridgehead atoms. The van der Waals surface area contributed by atoms with E-state index in [0.29, 0.717) is 11.4 Å². The summed E-state index contributed by atoms with van der Waals surface area (Å²) in [4.78, 5) is 35.2. The molecule has 0 fully saturated rings. The molecule has 0 radical (unpaired) electrons. The standard InChI is InChI=1S/C20H17N3O6/c1-2-28-17-9-8-13(11-16(17)23(26)27)19(24)21-14-5-3-6-15(12-14)22-20(25)18-7-4-10-29-18/h3-12H,2H2,1H3,(H,21,24)(H,22,25). The lowest BCUT2D eigenvalue weighted by Crippen LogP contribution is -2.14. The number of furan rings is 1. The SMILES string of the molecule is CCOc1ccc(C(=O)Nc2cccc(NC(=O)c3ccco3)c2)cc1[N+](=O)[O-]. The number of hydrogen-bond acceptors (Lipinski definition) is 6. The predicted molar refractivity (Wildman–Crippen MR) is 105 cm³/mol. The molecular weight excluding hydrogens is 378 g/mol. The highest BCUT2D eigenvalue weighted by molar-refractivity contribution is 6.06. The Morgan fingerprint density at radius 1 is 1.03 bits per heavy atom. The number of benzene rings is 2. The summed E-state index contributed by atoms with van der Waals surface area (Å²) in [5.74, 6) is -0.718. The normalized spacial score (nSPS) is 10.2. The lowest BCUT2D eigenvalue weighted by atomic mass is 10.1. The third kappa shape index (κ3) is 4.78. The molecule has 0 aliphatic rings. The van der Waals surface area contributed by atoms with Crippen LogP contribution in [0.25, 0.3) is 0 Å². The molecule has 2 N–H and O–H groups in total. The molecule has 0 saturated carbocycles. The van der Waals surface area contributed by atoms with E-state index in [4.69, 9.17) is 9.15 Å². The van der Waals surface area contributed by atoms with Gasteiger partial charge in [0.2, 0.25) is 0 Å². The molecule has 3 rings (SSSR count). The van der Waals surface area contributed by atoms with Crippen molar-refractivity contribution in [1.29, 1.82) is 0 Å². The Balaban J connectivity index is 1.74. The summed E-state index contributed by atoms with van der Waals surface area (Å²) >= 11 is 0. The zero-order valence-corrected chi connectivity index (χ0v) is 15.4. The monoisotopic (exact) mass is 395 g/mol. The molecule has 29 heavy (non-hydrogen) atoms. The molecule has 0 saturated heterocycles. The minimum absolute atomic E-state index is 0.0942. The van der Waals surface area contributed by atoms with Crippen molar-refractivity contribution < 1.29 is 23.7 Å². The maximum Gasteiger partial charge on any atom is 0.311 e. The number of ether oxygens (including phenoxy) is 1. The van der Waals surface area contributed by atoms with Crippen LogP contribution in [0.4, 0.5) is 17.1 Å². The van der Waals surface area contributed by atoms with E-state index in [0.717, 1.165) is 6.07 Å². The molecule has 0 spiro atoms. The van der Waals surface area contributed by atoms with E-state index in [1.807, 2.05) is 0 Å². The third-order valence-electron chi connectivity index (χ3n) is 3.84. The second-order valence-corrected chi connectivity index (χ2v) is 5.84. The maximum atomic E-state index is 12.5. The number of anilines is 2. The molecule has 1 aromatic heterocycles. The summed E-state index contributed by atoms with van der Waals surface area (Å²) in [7, 11) is 0. The molecule has 9 nitrogen and oxygen atoms in total. The number of nitrogens with one attached hydrogen (secondary N) is 2. The Hall–Kier alpha value is -4.14. The van der Waals surface area contributed by atoms with Crippen molar-refractivity contribution in [3.05, 3.63) is 82.3 Å². The topological polar surface area (TPSA) is 124 Å². The summed E-state index contributed by atoms with van der Waals surface area (Å²) in [6.45, 7) is 1.98. The Bertz CT molecular complexity index is 1050. The molecular formula is C20H17N3O6. The first kappa shape index (κ1) is 19.6. The van der Waals surface area contributed by atoms with Crippen molar-refractivity contribution >= 4 is 28.9 Å². The summed E-state index contributed by atoms with van der Waals surface area (Å²) in [6.07, 6.45) is 1.39. The lowest BCUT2D eigenvalue weighted by molar-refractivity contribution is -0.385. The van der Waals surface area contributed by atoms with Gasteiger partial charge in [0.1, 0.15) is 0 Å². The minimum atomic E-state index is -0.605. The second kappa shape index (κ2) is 8.70. The molecule has 0 unspecified atom stereocenters. The van der Waals surface area contributed by atoms with E-state index in [9.17, 15) is 19.7 Å². The first-order chi connectivity index (χ1) is 14.0. The van der Waals surface area contributed by atoms with Gasteiger partial charge in [0, 0.05) is 23.0 Å². The largest absolute Gasteiger partial charge is 0.487 e. The van der Waals surface area contributed by atoms with Crippen LogP contribution in [-0.4, -0.2) is 23.3 Å². The second-order valence-electron chi connectivity index (χ2n) is 5.84. The van der Waals surface area contributed by atoms with Gasteiger partial charge >= 0.3 is 5.69 Å². The Kier molecular flexibility index (Phi) is 5.88. The number of hydrogen-bond donors (Lipinski definition) is 2. The molecule has 2 aromatic carbocycles. The van der Waals surface area contributed by atoms with Crippen LogP contribution in [0, 0.1) is 10.1 Å². The summed E-state index contributed by atoms with van der Waals surface area (Å²) in [5.41, 5.74) is 0.662. The van der Waals surface area contributed by atoms with E-state index in [1.54, 1.807) is 37.3 Å². The maximum absolute atomic E-state index is 12.5. The fourth-order valence-corrected chi connectivity index (χ4v) is 2.56. The van der Waals surface area contributed by atoms with Crippen LogP contribution in [0.1, 0.15) is 27.8 Å². The zero-order chi connectivity index (χ0) is 20.8. The van der Waals surface area contributed by atoms with Crippen LogP contribution in [-0.2, 0) is 0 Å². The molecule has 2 amide bonds. The van der Waals surface area contributed by atoms with Crippen molar-refractivity contribution in [3.63, 3.8) is 0 Å². The summed E-state index contributed by atoms with van der Waals surface area (Å²) in [5, 5.41) is 16.5. The number of nitro groups is 1. The third-order valence-corrected chi connectivity index (χ3v) is 3.84. The van der Waals surface area contributed by atoms with Gasteiger partial charge in [-0.1, -0.05) is 6.07 Å². The fraction of sp³-hybridized carbons (Fsp3) is 0.100. The van der Waals surface area contributed by atoms with Crippen LogP contribution in [0.5, 0.6) is 5.75 Å². The van der Waals surface area contributed by atoms with Gasteiger partial charge in [-0.05, 0) is 49.4 Å². The first-order valence-corrected chi connectivity index (χ1v) is 8.65. The fourth-order valence-electron chi connectivity index (χ4n) is 2.56. The number of amides is 2. The van der Waals surface area contributed by atoms with Gasteiger partial charge in [-0.25, -0.2) is 0 Å². The van der Waals surface area contributed by atoms with Crippen molar-refractivity contribution in [3.8, 4) is 5.75 Å². The highest BCUT2D eigenvalue weighted by atomic mass is 16.6. The van der Waals surface area contributed by atoms with Gasteiger partial charge in [-0.2, -0.15) is 0 Å². The van der Waals surface area contributed by atoms with Crippen LogP contribution in [0.15, 0.2) is 65.3 Å². The van der Waals surface area contributed by atoms with Crippen LogP contribution in [0.2, 0.25) is 0 Å². The highest BCUT2D eigenvalue weighted by Crippen LogP contribution is 2.28. The van der Waals surface area contributed by atoms with Gasteiger partial charge in [0.15, 0.2) is 11.5 Å². The van der Waals surface area contributed by atoms with Crippen molar-refractivity contribution in [1.82, 2.24) is 0 Å². The summed E-state index contributed by atoms with van der Waals surface area (Å²) < 4.78 is 10.2. The molecule has 0 aliphatic heterocycles. The van der Waals surface area contributed by atoms with Crippen LogP contribution >= 0.6 is 0 Å². The molecule has 1 heterocycles. The van der Waals surface area contributed by atoms with Gasteiger partial charge in [-0.15, -0.1) is 0 Å². The van der Waals surface area contributed by atoms with Crippen LogP contribution < -0.4 is 15.4 Å². The number of carbonyl (C=O) groups excluding carboxylic acids is 2. The van der Waals surface area contributed by atoms with E-state index in [1.165, 1.54) is 24.5 Å². The van der Waals surface area contributed by atoms with Gasteiger partial charge in [0.25, 0.3) is 11.8 Å². The van der Waals surface area contributed by atoms with Crippen molar-refractivity contribution in [2.75, 3.05) is 17.2 Å². The average molecular weight is 395 g/mol. The van der Waals surface area contributed by atoms with E-state index < -0.39 is 16.7 Å². The lowest BCUT2D eigenvalue weighted by Gasteiger charge is -2.09. The predicted octanol–water partition coefficient (Wildman–Crippen LogP) is 4.09. The van der Waals surface area contributed by atoms with Crippen molar-refractivity contribution in [2.45, 2.75) is 6.92 Å². The quantitative estimate of drug-likeness (QED) is 0.459.